The first-order chi connectivity index (χ1) is 15.2. The number of hydrogen-bond donors (Lipinski definition) is 2. The Morgan fingerprint density at radius 1 is 1.13 bits per heavy atom. The number of nitrogens with zero attached hydrogens (tertiary/aromatic N) is 6. The minimum Gasteiger partial charge on any atom is -0.366 e. The zero-order chi connectivity index (χ0) is 21.2. The lowest BCUT2D eigenvalue weighted by Crippen LogP contribution is -2.38. The molecule has 1 aliphatic rings. The summed E-state index contributed by atoms with van der Waals surface area (Å²) in [6.45, 7) is 7.33. The molecule has 8 nitrogen and oxygen atoms in total. The van der Waals surface area contributed by atoms with Gasteiger partial charge in [-0.3, -0.25) is 14.1 Å². The topological polar surface area (TPSA) is 85.0 Å². The minimum atomic E-state index is 0.414. The normalized spacial score (nSPS) is 16.8. The highest BCUT2D eigenvalue weighted by Crippen LogP contribution is 2.24. The second-order valence-corrected chi connectivity index (χ2v) is 8.58. The van der Waals surface area contributed by atoms with Crippen molar-refractivity contribution >= 4 is 11.5 Å². The van der Waals surface area contributed by atoms with E-state index in [1.165, 1.54) is 6.42 Å². The van der Waals surface area contributed by atoms with Crippen LogP contribution < -0.4 is 10.6 Å². The predicted octanol–water partition coefficient (Wildman–Crippen LogP) is 3.47. The average molecular weight is 417 g/mol. The van der Waals surface area contributed by atoms with Crippen molar-refractivity contribution in [2.75, 3.05) is 18.4 Å². The molecule has 0 radical (unpaired) electrons. The van der Waals surface area contributed by atoms with E-state index < -0.39 is 0 Å². The Morgan fingerprint density at radius 3 is 2.90 bits per heavy atom. The van der Waals surface area contributed by atoms with E-state index in [1.807, 2.05) is 47.7 Å². The molecule has 4 aromatic heterocycles. The van der Waals surface area contributed by atoms with Crippen molar-refractivity contribution in [1.29, 1.82) is 0 Å². The minimum absolute atomic E-state index is 0.414. The molecular formula is C23H28N8. The van der Waals surface area contributed by atoms with Gasteiger partial charge in [0.2, 0.25) is 0 Å². The highest BCUT2D eigenvalue weighted by Gasteiger charge is 2.15. The molecule has 8 heteroatoms. The number of aromatic nitrogens is 6. The van der Waals surface area contributed by atoms with E-state index in [1.54, 1.807) is 6.20 Å². The second kappa shape index (κ2) is 8.47. The summed E-state index contributed by atoms with van der Waals surface area (Å²) < 4.78 is 4.02. The van der Waals surface area contributed by atoms with Crippen LogP contribution in [0.25, 0.3) is 28.3 Å². The summed E-state index contributed by atoms with van der Waals surface area (Å²) in [4.78, 5) is 14.0. The molecular weight excluding hydrogens is 388 g/mol. The number of imidazole rings is 1. The first kappa shape index (κ1) is 19.7. The van der Waals surface area contributed by atoms with Crippen molar-refractivity contribution < 1.29 is 0 Å². The molecule has 2 N–H and O–H groups in total. The van der Waals surface area contributed by atoms with E-state index in [0.717, 1.165) is 60.2 Å². The molecule has 1 saturated heterocycles. The van der Waals surface area contributed by atoms with Crippen LogP contribution in [0.15, 0.2) is 49.2 Å². The van der Waals surface area contributed by atoms with Gasteiger partial charge in [-0.05, 0) is 37.4 Å². The second-order valence-electron chi connectivity index (χ2n) is 8.58. The lowest BCUT2D eigenvalue weighted by Gasteiger charge is -2.24. The lowest BCUT2D eigenvalue weighted by molar-refractivity contribution is 0.479. The molecule has 0 amide bonds. The van der Waals surface area contributed by atoms with Gasteiger partial charge in [0.15, 0.2) is 5.65 Å². The van der Waals surface area contributed by atoms with Gasteiger partial charge in [0.05, 0.1) is 35.7 Å². The van der Waals surface area contributed by atoms with Crippen LogP contribution in [0.2, 0.25) is 0 Å². The summed E-state index contributed by atoms with van der Waals surface area (Å²) in [5.74, 6) is 1.44. The van der Waals surface area contributed by atoms with Gasteiger partial charge >= 0.3 is 0 Å². The maximum atomic E-state index is 4.86. The zero-order valence-electron chi connectivity index (χ0n) is 18.0. The van der Waals surface area contributed by atoms with E-state index in [2.05, 4.69) is 43.9 Å². The molecule has 0 aromatic carbocycles. The van der Waals surface area contributed by atoms with Crippen LogP contribution in [0.1, 0.15) is 26.7 Å². The molecule has 1 aliphatic heterocycles. The van der Waals surface area contributed by atoms with E-state index >= 15 is 0 Å². The predicted molar refractivity (Wildman–Crippen MR) is 122 cm³/mol. The first-order valence-electron chi connectivity index (χ1n) is 11.0. The Morgan fingerprint density at radius 2 is 2.06 bits per heavy atom. The third kappa shape index (κ3) is 4.29. The smallest absolute Gasteiger partial charge is 0.155 e. The molecule has 0 spiro atoms. The standard InChI is InChI=1S/C23H28N8/c1-16(2)13-30-14-17(9-27-30)20-15-31-21(11-26-23(31)12-25-20)19-6-3-7-22(29-19)28-18-5-4-8-24-10-18/h3,6-7,9,11-12,14-16,18,24H,4-5,8,10,13H2,1-2H3,(H,28,29). The highest BCUT2D eigenvalue weighted by atomic mass is 15.3. The number of hydrogen-bond acceptors (Lipinski definition) is 6. The maximum Gasteiger partial charge on any atom is 0.155 e. The van der Waals surface area contributed by atoms with Crippen LogP contribution in [-0.2, 0) is 6.54 Å². The van der Waals surface area contributed by atoms with Crippen LogP contribution in [0.3, 0.4) is 0 Å². The fraction of sp³-hybridized carbons (Fsp3) is 0.391. The summed E-state index contributed by atoms with van der Waals surface area (Å²) in [7, 11) is 0. The van der Waals surface area contributed by atoms with Crippen LogP contribution in [0.5, 0.6) is 0 Å². The summed E-state index contributed by atoms with van der Waals surface area (Å²) in [5.41, 5.74) is 4.48. The monoisotopic (exact) mass is 416 g/mol. The molecule has 5 heterocycles. The van der Waals surface area contributed by atoms with Gasteiger partial charge in [-0.25, -0.2) is 9.97 Å². The van der Waals surface area contributed by atoms with Gasteiger partial charge < -0.3 is 10.6 Å². The fourth-order valence-corrected chi connectivity index (χ4v) is 4.04. The molecule has 0 bridgehead atoms. The summed E-state index contributed by atoms with van der Waals surface area (Å²) >= 11 is 0. The van der Waals surface area contributed by atoms with Gasteiger partial charge in [-0.1, -0.05) is 19.9 Å². The van der Waals surface area contributed by atoms with Crippen molar-refractivity contribution in [3.63, 3.8) is 0 Å². The van der Waals surface area contributed by atoms with E-state index in [4.69, 9.17) is 4.98 Å². The number of nitrogens with one attached hydrogen (secondary N) is 2. The van der Waals surface area contributed by atoms with Crippen molar-refractivity contribution in [3.8, 4) is 22.6 Å². The van der Waals surface area contributed by atoms with Crippen molar-refractivity contribution in [2.24, 2.45) is 5.92 Å². The molecule has 5 rings (SSSR count). The number of rotatable bonds is 6. The van der Waals surface area contributed by atoms with E-state index in [-0.39, 0.29) is 0 Å². The zero-order valence-corrected chi connectivity index (χ0v) is 18.0. The van der Waals surface area contributed by atoms with Crippen molar-refractivity contribution in [2.45, 2.75) is 39.3 Å². The third-order valence-corrected chi connectivity index (χ3v) is 5.54. The number of fused-ring (bicyclic) bond motifs is 1. The van der Waals surface area contributed by atoms with Crippen LogP contribution in [-0.4, -0.2) is 48.3 Å². The van der Waals surface area contributed by atoms with Crippen LogP contribution in [0, 0.1) is 5.92 Å². The lowest BCUT2D eigenvalue weighted by atomic mass is 10.1. The molecule has 31 heavy (non-hydrogen) atoms. The van der Waals surface area contributed by atoms with Crippen molar-refractivity contribution in [3.05, 3.63) is 49.2 Å². The summed E-state index contributed by atoms with van der Waals surface area (Å²) in [5, 5.41) is 11.5. The molecule has 0 saturated carbocycles. The SMILES string of the molecule is CC(C)Cn1cc(-c2cn3c(-c4cccc(NC5CCCNC5)n4)cnc3cn2)cn1. The Kier molecular flexibility index (Phi) is 5.38. The fourth-order valence-electron chi connectivity index (χ4n) is 4.04. The summed E-state index contributed by atoms with van der Waals surface area (Å²) in [6.07, 6.45) is 11.9. The molecule has 1 fully saturated rings. The number of pyridine rings is 1. The maximum absolute atomic E-state index is 4.86. The average Bonchev–Trinajstić information content (AvgIpc) is 3.41. The van der Waals surface area contributed by atoms with Crippen LogP contribution >= 0.6 is 0 Å². The quantitative estimate of drug-likeness (QED) is 0.501. The van der Waals surface area contributed by atoms with Gasteiger partial charge in [0.1, 0.15) is 5.82 Å². The molecule has 1 atom stereocenters. The Balaban J connectivity index is 1.44. The van der Waals surface area contributed by atoms with Gasteiger partial charge in [0, 0.05) is 37.1 Å². The third-order valence-electron chi connectivity index (χ3n) is 5.54. The Hall–Kier alpha value is -3.26. The molecule has 0 aliphatic carbocycles. The number of anilines is 1. The van der Waals surface area contributed by atoms with Gasteiger partial charge in [-0.2, -0.15) is 5.10 Å². The summed E-state index contributed by atoms with van der Waals surface area (Å²) in [6, 6.07) is 6.50. The van der Waals surface area contributed by atoms with Crippen LogP contribution in [0.4, 0.5) is 5.82 Å². The van der Waals surface area contributed by atoms with Crippen molar-refractivity contribution in [1.82, 2.24) is 34.4 Å². The Labute approximate surface area is 181 Å². The Bertz CT molecular complexity index is 1170. The van der Waals surface area contributed by atoms with Gasteiger partial charge in [0.25, 0.3) is 0 Å². The van der Waals surface area contributed by atoms with Gasteiger partial charge in [-0.15, -0.1) is 0 Å². The first-order valence-corrected chi connectivity index (χ1v) is 11.0. The number of piperidine rings is 1. The molecule has 4 aromatic rings. The largest absolute Gasteiger partial charge is 0.366 e. The molecule has 1 unspecified atom stereocenters. The molecule has 160 valence electrons. The van der Waals surface area contributed by atoms with E-state index in [9.17, 15) is 0 Å². The highest BCUT2D eigenvalue weighted by molar-refractivity contribution is 5.64. The van der Waals surface area contributed by atoms with E-state index in [0.29, 0.717) is 12.0 Å².